The van der Waals surface area contributed by atoms with Gasteiger partial charge in [0.2, 0.25) is 0 Å². The molecule has 0 fully saturated rings. The quantitative estimate of drug-likeness (QED) is 0.790. The van der Waals surface area contributed by atoms with Crippen molar-refractivity contribution in [2.45, 2.75) is 12.3 Å². The summed E-state index contributed by atoms with van der Waals surface area (Å²) in [6.07, 6.45) is 0.736. The highest BCUT2D eigenvalue weighted by molar-refractivity contribution is 5.17. The highest BCUT2D eigenvalue weighted by Gasteiger charge is 2.15. The molecule has 0 amide bonds. The first-order valence-corrected chi connectivity index (χ1v) is 5.09. The highest BCUT2D eigenvalue weighted by atomic mass is 16.5. The lowest BCUT2D eigenvalue weighted by molar-refractivity contribution is 0.377. The predicted octanol–water partition coefficient (Wildman–Crippen LogP) is 0.648. The number of aromatic amines is 1. The van der Waals surface area contributed by atoms with Gasteiger partial charge in [-0.05, 0) is 12.0 Å². The Morgan fingerprint density at radius 1 is 1.38 bits per heavy atom. The van der Waals surface area contributed by atoms with Gasteiger partial charge in [-0.1, -0.05) is 35.5 Å². The van der Waals surface area contributed by atoms with E-state index >= 15 is 0 Å². The lowest BCUT2D eigenvalue weighted by Crippen LogP contribution is -2.17. The summed E-state index contributed by atoms with van der Waals surface area (Å²) >= 11 is 0. The maximum Gasteiger partial charge on any atom is 0.438 e. The van der Waals surface area contributed by atoms with Gasteiger partial charge in [0.15, 0.2) is 5.82 Å². The van der Waals surface area contributed by atoms with Crippen LogP contribution in [0.25, 0.3) is 0 Å². The molecule has 2 rings (SSSR count). The Kier molecular flexibility index (Phi) is 3.16. The normalized spacial score (nSPS) is 12.6. The van der Waals surface area contributed by atoms with Crippen LogP contribution in [0.3, 0.4) is 0 Å². The number of benzene rings is 1. The van der Waals surface area contributed by atoms with Crippen LogP contribution in [0.1, 0.15) is 17.3 Å². The van der Waals surface area contributed by atoms with E-state index in [1.54, 1.807) is 0 Å². The Balaban J connectivity index is 2.15. The van der Waals surface area contributed by atoms with Crippen molar-refractivity contribution in [3.05, 3.63) is 52.3 Å². The van der Waals surface area contributed by atoms with Crippen molar-refractivity contribution >= 4 is 0 Å². The van der Waals surface area contributed by atoms with Crippen molar-refractivity contribution in [2.24, 2.45) is 5.73 Å². The zero-order chi connectivity index (χ0) is 11.4. The van der Waals surface area contributed by atoms with Gasteiger partial charge in [0.1, 0.15) is 0 Å². The zero-order valence-corrected chi connectivity index (χ0v) is 8.72. The molecule has 2 aromatic rings. The third-order valence-electron chi connectivity index (χ3n) is 2.45. The van der Waals surface area contributed by atoms with Gasteiger partial charge >= 0.3 is 5.76 Å². The Bertz CT molecular complexity index is 489. The summed E-state index contributed by atoms with van der Waals surface area (Å²) in [7, 11) is 0. The van der Waals surface area contributed by atoms with E-state index in [4.69, 9.17) is 5.73 Å². The van der Waals surface area contributed by atoms with Crippen LogP contribution in [0, 0.1) is 0 Å². The standard InChI is InChI=1S/C11H13N3O2/c12-7-9(10-13-11(15)16-14-10)6-8-4-2-1-3-5-8/h1-5,9H,6-7,12H2,(H,13,14,15). The summed E-state index contributed by atoms with van der Waals surface area (Å²) < 4.78 is 4.47. The maximum absolute atomic E-state index is 10.8. The van der Waals surface area contributed by atoms with Crippen LogP contribution in [-0.4, -0.2) is 16.7 Å². The van der Waals surface area contributed by atoms with Crippen molar-refractivity contribution in [3.8, 4) is 0 Å². The fraction of sp³-hybridized carbons (Fsp3) is 0.273. The summed E-state index contributed by atoms with van der Waals surface area (Å²) in [6, 6.07) is 9.92. The SMILES string of the molecule is NCC(Cc1ccccc1)c1noc(=O)[nH]1. The monoisotopic (exact) mass is 219 g/mol. The average Bonchev–Trinajstić information content (AvgIpc) is 2.74. The minimum Gasteiger partial charge on any atom is -0.330 e. The van der Waals surface area contributed by atoms with Gasteiger partial charge in [-0.2, -0.15) is 0 Å². The van der Waals surface area contributed by atoms with Crippen molar-refractivity contribution < 1.29 is 4.52 Å². The van der Waals surface area contributed by atoms with E-state index in [0.717, 1.165) is 12.0 Å². The largest absolute Gasteiger partial charge is 0.438 e. The number of rotatable bonds is 4. The Morgan fingerprint density at radius 3 is 2.69 bits per heavy atom. The molecule has 5 nitrogen and oxygen atoms in total. The van der Waals surface area contributed by atoms with E-state index < -0.39 is 5.76 Å². The van der Waals surface area contributed by atoms with Crippen LogP contribution in [0.5, 0.6) is 0 Å². The molecule has 0 spiro atoms. The fourth-order valence-corrected chi connectivity index (χ4v) is 1.61. The number of nitrogens with two attached hydrogens (primary N) is 1. The molecule has 1 atom stereocenters. The third kappa shape index (κ3) is 2.38. The lowest BCUT2D eigenvalue weighted by atomic mass is 9.99. The second kappa shape index (κ2) is 4.76. The lowest BCUT2D eigenvalue weighted by Gasteiger charge is -2.10. The van der Waals surface area contributed by atoms with Crippen molar-refractivity contribution in [2.75, 3.05) is 6.54 Å². The average molecular weight is 219 g/mol. The minimum atomic E-state index is -0.540. The zero-order valence-electron chi connectivity index (χ0n) is 8.72. The molecule has 5 heteroatoms. The molecule has 0 bridgehead atoms. The first-order valence-electron chi connectivity index (χ1n) is 5.09. The Morgan fingerprint density at radius 2 is 2.12 bits per heavy atom. The van der Waals surface area contributed by atoms with E-state index in [1.807, 2.05) is 30.3 Å². The summed E-state index contributed by atoms with van der Waals surface area (Å²) in [6.45, 7) is 0.414. The molecule has 1 heterocycles. The summed E-state index contributed by atoms with van der Waals surface area (Å²) in [4.78, 5) is 13.4. The van der Waals surface area contributed by atoms with Crippen LogP contribution < -0.4 is 11.5 Å². The Hall–Kier alpha value is -1.88. The second-order valence-corrected chi connectivity index (χ2v) is 3.60. The van der Waals surface area contributed by atoms with Gasteiger partial charge in [-0.25, -0.2) is 4.79 Å². The molecule has 0 saturated heterocycles. The van der Waals surface area contributed by atoms with Gasteiger partial charge in [0.25, 0.3) is 0 Å². The second-order valence-electron chi connectivity index (χ2n) is 3.60. The molecule has 0 aliphatic rings. The van der Waals surface area contributed by atoms with Crippen molar-refractivity contribution in [3.63, 3.8) is 0 Å². The van der Waals surface area contributed by atoms with Crippen LogP contribution in [0.2, 0.25) is 0 Å². The number of nitrogens with zero attached hydrogens (tertiary/aromatic N) is 1. The van der Waals surface area contributed by atoms with Gasteiger partial charge in [-0.15, -0.1) is 0 Å². The predicted molar refractivity (Wildman–Crippen MR) is 59.1 cm³/mol. The number of H-pyrrole nitrogens is 1. The first kappa shape index (κ1) is 10.6. The topological polar surface area (TPSA) is 84.9 Å². The molecule has 16 heavy (non-hydrogen) atoms. The molecule has 1 aromatic carbocycles. The number of nitrogens with one attached hydrogen (secondary N) is 1. The molecular weight excluding hydrogens is 206 g/mol. The Labute approximate surface area is 92.3 Å². The molecule has 84 valence electrons. The van der Waals surface area contributed by atoms with Crippen LogP contribution in [0.15, 0.2) is 39.6 Å². The molecular formula is C11H13N3O2. The van der Waals surface area contributed by atoms with Gasteiger partial charge in [-0.3, -0.25) is 9.51 Å². The first-order chi connectivity index (χ1) is 7.79. The maximum atomic E-state index is 10.8. The van der Waals surface area contributed by atoms with E-state index in [9.17, 15) is 4.79 Å². The summed E-state index contributed by atoms with van der Waals surface area (Å²) in [5, 5.41) is 3.66. The van der Waals surface area contributed by atoms with Crippen LogP contribution in [-0.2, 0) is 6.42 Å². The minimum absolute atomic E-state index is 0.0196. The third-order valence-corrected chi connectivity index (χ3v) is 2.45. The van der Waals surface area contributed by atoms with Crippen LogP contribution in [0.4, 0.5) is 0 Å². The fourth-order valence-electron chi connectivity index (χ4n) is 1.61. The number of hydrogen-bond acceptors (Lipinski definition) is 4. The number of aromatic nitrogens is 2. The van der Waals surface area contributed by atoms with Crippen LogP contribution >= 0.6 is 0 Å². The molecule has 3 N–H and O–H groups in total. The van der Waals surface area contributed by atoms with E-state index in [0.29, 0.717) is 12.4 Å². The molecule has 1 unspecified atom stereocenters. The molecule has 0 aliphatic carbocycles. The molecule has 1 aromatic heterocycles. The number of hydrogen-bond donors (Lipinski definition) is 2. The van der Waals surface area contributed by atoms with Crippen molar-refractivity contribution in [1.82, 2.24) is 10.1 Å². The summed E-state index contributed by atoms with van der Waals surface area (Å²) in [5.74, 6) is -0.0493. The summed E-state index contributed by atoms with van der Waals surface area (Å²) in [5.41, 5.74) is 6.81. The van der Waals surface area contributed by atoms with Gasteiger partial charge in [0.05, 0.1) is 0 Å². The molecule has 0 radical (unpaired) electrons. The van der Waals surface area contributed by atoms with Gasteiger partial charge in [0, 0.05) is 12.5 Å². The van der Waals surface area contributed by atoms with Crippen molar-refractivity contribution in [1.29, 1.82) is 0 Å². The smallest absolute Gasteiger partial charge is 0.330 e. The van der Waals surface area contributed by atoms with Gasteiger partial charge < -0.3 is 5.73 Å². The van der Waals surface area contributed by atoms with E-state index in [2.05, 4.69) is 14.7 Å². The van der Waals surface area contributed by atoms with E-state index in [1.165, 1.54) is 0 Å². The van der Waals surface area contributed by atoms with E-state index in [-0.39, 0.29) is 5.92 Å². The molecule has 0 aliphatic heterocycles. The highest BCUT2D eigenvalue weighted by Crippen LogP contribution is 2.15. The molecule has 0 saturated carbocycles.